The van der Waals surface area contributed by atoms with Crippen LogP contribution in [-0.2, 0) is 17.6 Å². The zero-order valence-corrected chi connectivity index (χ0v) is 15.2. The first kappa shape index (κ1) is 17.0. The maximum Gasteiger partial charge on any atom is 0.220 e. The Kier molecular flexibility index (Phi) is 5.19. The number of carbonyl (C=O) groups is 1. The van der Waals surface area contributed by atoms with Crippen LogP contribution in [0.15, 0.2) is 29.4 Å². The number of aromatic nitrogens is 2. The van der Waals surface area contributed by atoms with Crippen LogP contribution in [0.3, 0.4) is 0 Å². The quantitative estimate of drug-likeness (QED) is 0.667. The fourth-order valence-corrected chi connectivity index (χ4v) is 3.83. The number of rotatable bonds is 5. The zero-order chi connectivity index (χ0) is 17.1. The van der Waals surface area contributed by atoms with Crippen molar-refractivity contribution in [2.24, 2.45) is 0 Å². The number of hydrogen-bond acceptors (Lipinski definition) is 4. The summed E-state index contributed by atoms with van der Waals surface area (Å²) in [4.78, 5) is 21.3. The molecule has 0 saturated carbocycles. The van der Waals surface area contributed by atoms with Crippen molar-refractivity contribution in [2.75, 3.05) is 6.26 Å². The van der Waals surface area contributed by atoms with Crippen molar-refractivity contribution >= 4 is 17.7 Å². The molecule has 1 aliphatic rings. The Hall–Kier alpha value is -1.88. The molecule has 3 rings (SSSR count). The summed E-state index contributed by atoms with van der Waals surface area (Å²) < 4.78 is 0. The van der Waals surface area contributed by atoms with Gasteiger partial charge in [0.05, 0.1) is 6.04 Å². The number of nitrogens with one attached hydrogen (secondary N) is 1. The molecule has 1 atom stereocenters. The summed E-state index contributed by atoms with van der Waals surface area (Å²) in [5.41, 5.74) is 5.67. The molecule has 0 spiro atoms. The molecule has 1 amide bonds. The molecule has 0 saturated heterocycles. The maximum absolute atomic E-state index is 12.4. The molecule has 1 N–H and O–H groups in total. The smallest absolute Gasteiger partial charge is 0.220 e. The van der Waals surface area contributed by atoms with Gasteiger partial charge in [-0.15, -0.1) is 0 Å². The molecule has 5 heteroatoms. The molecule has 1 heterocycles. The average Bonchev–Trinajstić information content (AvgIpc) is 2.97. The van der Waals surface area contributed by atoms with E-state index in [2.05, 4.69) is 33.5 Å². The highest BCUT2D eigenvalue weighted by Gasteiger charge is 2.23. The minimum atomic E-state index is 0.101. The highest BCUT2D eigenvalue weighted by molar-refractivity contribution is 7.98. The molecule has 0 bridgehead atoms. The van der Waals surface area contributed by atoms with Crippen molar-refractivity contribution in [3.05, 3.63) is 52.3 Å². The lowest BCUT2D eigenvalue weighted by molar-refractivity contribution is -0.121. The monoisotopic (exact) mass is 341 g/mol. The predicted molar refractivity (Wildman–Crippen MR) is 97.3 cm³/mol. The largest absolute Gasteiger partial charge is 0.349 e. The second-order valence-corrected chi connectivity index (χ2v) is 6.99. The van der Waals surface area contributed by atoms with E-state index in [1.807, 2.05) is 26.2 Å². The first-order chi connectivity index (χ1) is 11.6. The number of benzene rings is 1. The molecule has 1 aromatic carbocycles. The number of nitrogens with zero attached hydrogens (tertiary/aromatic N) is 2. The predicted octanol–water partition coefficient (Wildman–Crippen LogP) is 3.55. The molecule has 0 radical (unpaired) electrons. The number of aryl methyl sites for hydroxylation is 3. The van der Waals surface area contributed by atoms with Gasteiger partial charge in [0.15, 0.2) is 5.16 Å². The minimum Gasteiger partial charge on any atom is -0.349 e. The summed E-state index contributed by atoms with van der Waals surface area (Å²) >= 11 is 1.54. The fraction of sp³-hybridized carbons (Fsp3) is 0.421. The number of hydrogen-bond donors (Lipinski definition) is 1. The Morgan fingerprint density at radius 2 is 1.96 bits per heavy atom. The van der Waals surface area contributed by atoms with Gasteiger partial charge in [-0.05, 0) is 56.1 Å². The van der Waals surface area contributed by atoms with Crippen molar-refractivity contribution in [3.8, 4) is 0 Å². The van der Waals surface area contributed by atoms with Gasteiger partial charge in [-0.1, -0.05) is 36.0 Å². The highest BCUT2D eigenvalue weighted by atomic mass is 32.2. The third-order valence-electron chi connectivity index (χ3n) is 4.65. The lowest BCUT2D eigenvalue weighted by Crippen LogP contribution is -2.27. The first-order valence-corrected chi connectivity index (χ1v) is 9.56. The van der Waals surface area contributed by atoms with Crippen LogP contribution in [0.2, 0.25) is 0 Å². The van der Waals surface area contributed by atoms with E-state index in [0.29, 0.717) is 12.8 Å². The van der Waals surface area contributed by atoms with E-state index in [9.17, 15) is 4.79 Å². The van der Waals surface area contributed by atoms with Crippen LogP contribution >= 0.6 is 11.8 Å². The summed E-state index contributed by atoms with van der Waals surface area (Å²) in [6.45, 7) is 3.99. The number of amides is 1. The molecule has 0 fully saturated rings. The minimum absolute atomic E-state index is 0.101. The molecule has 4 nitrogen and oxygen atoms in total. The van der Waals surface area contributed by atoms with Crippen LogP contribution in [0.5, 0.6) is 0 Å². The van der Waals surface area contributed by atoms with Crippen molar-refractivity contribution in [1.29, 1.82) is 0 Å². The van der Waals surface area contributed by atoms with Gasteiger partial charge in [0.2, 0.25) is 5.91 Å². The van der Waals surface area contributed by atoms with Crippen molar-refractivity contribution in [3.63, 3.8) is 0 Å². The van der Waals surface area contributed by atoms with Crippen LogP contribution in [0, 0.1) is 13.8 Å². The molecule has 0 aliphatic heterocycles. The van der Waals surface area contributed by atoms with E-state index in [0.717, 1.165) is 34.9 Å². The summed E-state index contributed by atoms with van der Waals surface area (Å²) in [5, 5.41) is 3.98. The average molecular weight is 341 g/mol. The molecule has 2 aromatic rings. The van der Waals surface area contributed by atoms with Crippen molar-refractivity contribution < 1.29 is 4.79 Å². The van der Waals surface area contributed by atoms with Crippen LogP contribution in [0.4, 0.5) is 0 Å². The van der Waals surface area contributed by atoms with E-state index in [-0.39, 0.29) is 11.9 Å². The van der Waals surface area contributed by atoms with Crippen LogP contribution in [0.1, 0.15) is 47.0 Å². The highest BCUT2D eigenvalue weighted by Crippen LogP contribution is 2.30. The van der Waals surface area contributed by atoms with E-state index in [1.54, 1.807) is 11.8 Å². The zero-order valence-electron chi connectivity index (χ0n) is 14.4. The van der Waals surface area contributed by atoms with Gasteiger partial charge < -0.3 is 5.32 Å². The Balaban J connectivity index is 1.61. The van der Waals surface area contributed by atoms with Crippen molar-refractivity contribution in [1.82, 2.24) is 15.3 Å². The van der Waals surface area contributed by atoms with Gasteiger partial charge >= 0.3 is 0 Å². The van der Waals surface area contributed by atoms with Gasteiger partial charge in [-0.3, -0.25) is 4.79 Å². The summed E-state index contributed by atoms with van der Waals surface area (Å²) in [5.74, 6) is 0.101. The van der Waals surface area contributed by atoms with Gasteiger partial charge in [0.1, 0.15) is 0 Å². The summed E-state index contributed by atoms with van der Waals surface area (Å²) in [6, 6.07) is 8.54. The lowest BCUT2D eigenvalue weighted by atomic mass is 10.1. The Morgan fingerprint density at radius 1 is 1.25 bits per heavy atom. The fourth-order valence-electron chi connectivity index (χ4n) is 3.37. The SMILES string of the molecule is CSc1nc(C)c(CCC(=O)NC2CCc3ccccc32)c(C)n1. The lowest BCUT2D eigenvalue weighted by Gasteiger charge is -2.15. The van der Waals surface area contributed by atoms with E-state index in [4.69, 9.17) is 0 Å². The number of carbonyl (C=O) groups excluding carboxylic acids is 1. The molecule has 126 valence electrons. The molecular weight excluding hydrogens is 318 g/mol. The molecule has 1 unspecified atom stereocenters. The van der Waals surface area contributed by atoms with Crippen LogP contribution in [0.25, 0.3) is 0 Å². The maximum atomic E-state index is 12.4. The van der Waals surface area contributed by atoms with Crippen LogP contribution in [-0.4, -0.2) is 22.1 Å². The third-order valence-corrected chi connectivity index (χ3v) is 5.20. The molecular formula is C19H23N3OS. The second-order valence-electron chi connectivity index (χ2n) is 6.22. The van der Waals surface area contributed by atoms with Gasteiger partial charge in [0.25, 0.3) is 0 Å². The Labute approximate surface area is 147 Å². The van der Waals surface area contributed by atoms with E-state index >= 15 is 0 Å². The van der Waals surface area contributed by atoms with E-state index < -0.39 is 0 Å². The molecule has 1 aromatic heterocycles. The topological polar surface area (TPSA) is 54.9 Å². The first-order valence-electron chi connectivity index (χ1n) is 8.33. The molecule has 24 heavy (non-hydrogen) atoms. The Bertz CT molecular complexity index is 737. The number of fused-ring (bicyclic) bond motifs is 1. The summed E-state index contributed by atoms with van der Waals surface area (Å²) in [7, 11) is 0. The van der Waals surface area contributed by atoms with E-state index in [1.165, 1.54) is 11.1 Å². The van der Waals surface area contributed by atoms with Crippen molar-refractivity contribution in [2.45, 2.75) is 50.7 Å². The van der Waals surface area contributed by atoms with Gasteiger partial charge in [0, 0.05) is 17.8 Å². The number of thioether (sulfide) groups is 1. The van der Waals surface area contributed by atoms with Crippen LogP contribution < -0.4 is 5.32 Å². The molecule has 1 aliphatic carbocycles. The standard InChI is InChI=1S/C19H23N3OS/c1-12-15(13(2)21-19(20-12)24-3)9-11-18(23)22-17-10-8-14-6-4-5-7-16(14)17/h4-7,17H,8-11H2,1-3H3,(H,22,23). The normalized spacial score (nSPS) is 16.0. The third kappa shape index (κ3) is 3.61. The van der Waals surface area contributed by atoms with Gasteiger partial charge in [-0.25, -0.2) is 9.97 Å². The Morgan fingerprint density at radius 3 is 2.67 bits per heavy atom. The second kappa shape index (κ2) is 7.34. The summed E-state index contributed by atoms with van der Waals surface area (Å²) in [6.07, 6.45) is 5.17. The van der Waals surface area contributed by atoms with Gasteiger partial charge in [-0.2, -0.15) is 0 Å².